The number of anilines is 1. The summed E-state index contributed by atoms with van der Waals surface area (Å²) in [6, 6.07) is 3.79. The molecule has 6 nitrogen and oxygen atoms in total. The Labute approximate surface area is 148 Å². The SMILES string of the molecule is Cc1cc(C)c(NC(=O)CN(C)CC(=O)N2CCNCC2)c(Cl)c1. The third-order valence-corrected chi connectivity index (χ3v) is 4.28. The molecule has 7 heteroatoms. The fourth-order valence-electron chi connectivity index (χ4n) is 2.80. The van der Waals surface area contributed by atoms with Gasteiger partial charge in [0.15, 0.2) is 0 Å². The Morgan fingerprint density at radius 3 is 2.54 bits per heavy atom. The molecule has 2 N–H and O–H groups in total. The van der Waals surface area contributed by atoms with Crippen molar-refractivity contribution >= 4 is 29.1 Å². The van der Waals surface area contributed by atoms with Gasteiger partial charge in [0, 0.05) is 26.2 Å². The van der Waals surface area contributed by atoms with Crippen molar-refractivity contribution in [2.45, 2.75) is 13.8 Å². The van der Waals surface area contributed by atoms with Gasteiger partial charge >= 0.3 is 0 Å². The number of likely N-dealkylation sites (N-methyl/N-ethyl adjacent to an activating group) is 1. The average molecular weight is 353 g/mol. The number of rotatable bonds is 5. The monoisotopic (exact) mass is 352 g/mol. The van der Waals surface area contributed by atoms with Crippen molar-refractivity contribution in [1.82, 2.24) is 15.1 Å². The quantitative estimate of drug-likeness (QED) is 0.837. The highest BCUT2D eigenvalue weighted by Crippen LogP contribution is 2.27. The first-order valence-corrected chi connectivity index (χ1v) is 8.48. The molecule has 0 unspecified atom stereocenters. The van der Waals surface area contributed by atoms with Crippen LogP contribution in [0.25, 0.3) is 0 Å². The summed E-state index contributed by atoms with van der Waals surface area (Å²) in [7, 11) is 1.77. The number of carbonyl (C=O) groups excluding carboxylic acids is 2. The number of hydrogen-bond donors (Lipinski definition) is 2. The molecule has 0 spiro atoms. The number of nitrogens with zero attached hydrogens (tertiary/aromatic N) is 2. The lowest BCUT2D eigenvalue weighted by Gasteiger charge is -2.29. The third kappa shape index (κ3) is 5.19. The van der Waals surface area contributed by atoms with Crippen LogP contribution in [0.15, 0.2) is 12.1 Å². The summed E-state index contributed by atoms with van der Waals surface area (Å²) in [5.41, 5.74) is 2.61. The van der Waals surface area contributed by atoms with E-state index in [1.54, 1.807) is 11.9 Å². The smallest absolute Gasteiger partial charge is 0.238 e. The Bertz CT molecular complexity index is 592. The third-order valence-electron chi connectivity index (χ3n) is 3.98. The van der Waals surface area contributed by atoms with E-state index in [1.807, 2.05) is 30.9 Å². The Morgan fingerprint density at radius 2 is 1.92 bits per heavy atom. The Morgan fingerprint density at radius 1 is 1.25 bits per heavy atom. The molecular formula is C17H25ClN4O2. The van der Waals surface area contributed by atoms with Crippen LogP contribution in [0.3, 0.4) is 0 Å². The number of hydrogen-bond acceptors (Lipinski definition) is 4. The van der Waals surface area contributed by atoms with E-state index in [9.17, 15) is 9.59 Å². The van der Waals surface area contributed by atoms with Crippen LogP contribution in [-0.4, -0.2) is 67.9 Å². The lowest BCUT2D eigenvalue weighted by Crippen LogP contribution is -2.49. The molecule has 0 radical (unpaired) electrons. The van der Waals surface area contributed by atoms with Crippen LogP contribution < -0.4 is 10.6 Å². The second kappa shape index (κ2) is 8.46. The van der Waals surface area contributed by atoms with Gasteiger partial charge < -0.3 is 15.5 Å². The van der Waals surface area contributed by atoms with Crippen LogP contribution in [0, 0.1) is 13.8 Å². The number of halogens is 1. The van der Waals surface area contributed by atoms with Crippen molar-refractivity contribution in [3.05, 3.63) is 28.3 Å². The summed E-state index contributed by atoms with van der Waals surface area (Å²) in [4.78, 5) is 28.0. The van der Waals surface area contributed by atoms with Gasteiger partial charge in [-0.2, -0.15) is 0 Å². The van der Waals surface area contributed by atoms with E-state index in [1.165, 1.54) is 0 Å². The zero-order valence-corrected chi connectivity index (χ0v) is 15.2. The fraction of sp³-hybridized carbons (Fsp3) is 0.529. The van der Waals surface area contributed by atoms with E-state index in [0.717, 1.165) is 37.3 Å². The molecule has 1 aromatic rings. The molecule has 0 aromatic heterocycles. The van der Waals surface area contributed by atoms with Gasteiger partial charge in [-0.1, -0.05) is 17.7 Å². The number of carbonyl (C=O) groups is 2. The van der Waals surface area contributed by atoms with E-state index < -0.39 is 0 Å². The Hall–Kier alpha value is -1.63. The van der Waals surface area contributed by atoms with Gasteiger partial charge in [0.25, 0.3) is 0 Å². The average Bonchev–Trinajstić information content (AvgIpc) is 2.51. The molecule has 0 aliphatic carbocycles. The zero-order valence-electron chi connectivity index (χ0n) is 14.5. The highest BCUT2D eigenvalue weighted by Gasteiger charge is 2.19. The molecule has 24 heavy (non-hydrogen) atoms. The highest BCUT2D eigenvalue weighted by molar-refractivity contribution is 6.34. The van der Waals surface area contributed by atoms with Gasteiger partial charge in [0.1, 0.15) is 0 Å². The van der Waals surface area contributed by atoms with Crippen molar-refractivity contribution in [2.75, 3.05) is 51.6 Å². The van der Waals surface area contributed by atoms with Crippen LogP contribution in [0.5, 0.6) is 0 Å². The van der Waals surface area contributed by atoms with E-state index in [2.05, 4.69) is 10.6 Å². The molecule has 1 fully saturated rings. The van der Waals surface area contributed by atoms with Crippen molar-refractivity contribution in [1.29, 1.82) is 0 Å². The van der Waals surface area contributed by atoms with Gasteiger partial charge in [-0.3, -0.25) is 14.5 Å². The first kappa shape index (κ1) is 18.7. The molecule has 2 amide bonds. The standard InChI is InChI=1S/C17H25ClN4O2/c1-12-8-13(2)17(14(18)9-12)20-15(23)10-21(3)11-16(24)22-6-4-19-5-7-22/h8-9,19H,4-7,10-11H2,1-3H3,(H,20,23). The second-order valence-corrected chi connectivity index (χ2v) is 6.70. The molecule has 1 heterocycles. The maximum Gasteiger partial charge on any atom is 0.238 e. The highest BCUT2D eigenvalue weighted by atomic mass is 35.5. The summed E-state index contributed by atoms with van der Waals surface area (Å²) >= 11 is 6.21. The molecule has 132 valence electrons. The lowest BCUT2D eigenvalue weighted by atomic mass is 10.1. The van der Waals surface area contributed by atoms with Crippen LogP contribution in [0.2, 0.25) is 5.02 Å². The second-order valence-electron chi connectivity index (χ2n) is 6.29. The number of benzene rings is 1. The minimum absolute atomic E-state index is 0.0522. The number of amides is 2. The van der Waals surface area contributed by atoms with Crippen LogP contribution in [-0.2, 0) is 9.59 Å². The van der Waals surface area contributed by atoms with E-state index in [0.29, 0.717) is 10.7 Å². The normalized spacial score (nSPS) is 14.8. The molecule has 1 aromatic carbocycles. The van der Waals surface area contributed by atoms with Gasteiger partial charge in [-0.25, -0.2) is 0 Å². The van der Waals surface area contributed by atoms with E-state index >= 15 is 0 Å². The van der Waals surface area contributed by atoms with E-state index in [-0.39, 0.29) is 24.9 Å². The van der Waals surface area contributed by atoms with Crippen LogP contribution >= 0.6 is 11.6 Å². The zero-order chi connectivity index (χ0) is 17.7. The molecule has 1 aliphatic heterocycles. The maximum absolute atomic E-state index is 12.2. The number of piperazine rings is 1. The van der Waals surface area contributed by atoms with Gasteiger partial charge in [0.05, 0.1) is 23.8 Å². The van der Waals surface area contributed by atoms with Crippen LogP contribution in [0.1, 0.15) is 11.1 Å². The van der Waals surface area contributed by atoms with Crippen molar-refractivity contribution in [3.63, 3.8) is 0 Å². The van der Waals surface area contributed by atoms with Crippen molar-refractivity contribution < 1.29 is 9.59 Å². The number of nitrogens with one attached hydrogen (secondary N) is 2. The van der Waals surface area contributed by atoms with Gasteiger partial charge in [-0.05, 0) is 38.1 Å². The number of aryl methyl sites for hydroxylation is 2. The summed E-state index contributed by atoms with van der Waals surface area (Å²) < 4.78 is 0. The molecular weight excluding hydrogens is 328 g/mol. The molecule has 2 rings (SSSR count). The van der Waals surface area contributed by atoms with Crippen molar-refractivity contribution in [3.8, 4) is 0 Å². The predicted molar refractivity (Wildman–Crippen MR) is 96.5 cm³/mol. The summed E-state index contributed by atoms with van der Waals surface area (Å²) in [6.45, 7) is 7.32. The maximum atomic E-state index is 12.2. The molecule has 1 aliphatic rings. The van der Waals surface area contributed by atoms with E-state index in [4.69, 9.17) is 11.6 Å². The van der Waals surface area contributed by atoms with Crippen LogP contribution in [0.4, 0.5) is 5.69 Å². The molecule has 0 saturated carbocycles. The minimum atomic E-state index is -0.181. The first-order valence-electron chi connectivity index (χ1n) is 8.10. The van der Waals surface area contributed by atoms with Crippen molar-refractivity contribution in [2.24, 2.45) is 0 Å². The molecule has 0 bridgehead atoms. The van der Waals surface area contributed by atoms with Gasteiger partial charge in [0.2, 0.25) is 11.8 Å². The molecule has 1 saturated heterocycles. The fourth-order valence-corrected chi connectivity index (χ4v) is 3.17. The minimum Gasteiger partial charge on any atom is -0.339 e. The largest absolute Gasteiger partial charge is 0.339 e. The molecule has 0 atom stereocenters. The summed E-state index contributed by atoms with van der Waals surface area (Å²) in [5.74, 6) is -0.129. The Balaban J connectivity index is 1.86. The topological polar surface area (TPSA) is 64.7 Å². The predicted octanol–water partition coefficient (Wildman–Crippen LogP) is 1.26. The summed E-state index contributed by atoms with van der Waals surface area (Å²) in [6.07, 6.45) is 0. The summed E-state index contributed by atoms with van der Waals surface area (Å²) in [5, 5.41) is 6.58. The Kier molecular flexibility index (Phi) is 6.60. The lowest BCUT2D eigenvalue weighted by molar-refractivity contribution is -0.133. The first-order chi connectivity index (χ1) is 11.4. The van der Waals surface area contributed by atoms with Gasteiger partial charge in [-0.15, -0.1) is 0 Å².